The van der Waals surface area contributed by atoms with Gasteiger partial charge in [-0.05, 0) is 107 Å². The lowest BCUT2D eigenvalue weighted by Crippen LogP contribution is -2.19. The van der Waals surface area contributed by atoms with Crippen LogP contribution in [0.4, 0.5) is 0 Å². The number of nitrogens with one attached hydrogen (secondary N) is 1. The molecule has 0 radical (unpaired) electrons. The molecule has 0 fully saturated rings. The highest BCUT2D eigenvalue weighted by Crippen LogP contribution is 2.29. The number of rotatable bonds is 6. The van der Waals surface area contributed by atoms with Gasteiger partial charge in [0.05, 0.1) is 25.9 Å². The summed E-state index contributed by atoms with van der Waals surface area (Å²) in [6, 6.07) is 10.0. The van der Waals surface area contributed by atoms with Gasteiger partial charge in [0.25, 0.3) is 0 Å². The molecule has 0 aliphatic carbocycles. The zero-order valence-electron chi connectivity index (χ0n) is 15.3. The maximum absolute atomic E-state index is 12.1. The molecule has 0 atom stereocenters. The lowest BCUT2D eigenvalue weighted by Gasteiger charge is -2.14. The molecule has 26 heavy (non-hydrogen) atoms. The van der Waals surface area contributed by atoms with Crippen molar-refractivity contribution in [3.63, 3.8) is 0 Å². The highest BCUT2D eigenvalue weighted by atomic mass is 127. The first-order valence-electron chi connectivity index (χ1n) is 8.30. The van der Waals surface area contributed by atoms with E-state index in [0.717, 1.165) is 24.0 Å². The summed E-state index contributed by atoms with van der Waals surface area (Å²) < 4.78 is 7.87. The molecule has 0 saturated heterocycles. The van der Waals surface area contributed by atoms with E-state index >= 15 is 0 Å². The lowest BCUT2D eigenvalue weighted by molar-refractivity contribution is -0.120. The summed E-state index contributed by atoms with van der Waals surface area (Å²) >= 11 is 4.50. The minimum atomic E-state index is -0.131. The average Bonchev–Trinajstić information content (AvgIpc) is 2.54. The van der Waals surface area contributed by atoms with Crippen molar-refractivity contribution >= 4 is 57.3 Å². The van der Waals surface area contributed by atoms with Crippen LogP contribution in [0.1, 0.15) is 36.1 Å². The molecule has 0 spiro atoms. The number of carbonyl (C=O) groups is 1. The van der Waals surface area contributed by atoms with Gasteiger partial charge in [-0.25, -0.2) is 5.43 Å². The van der Waals surface area contributed by atoms with Crippen LogP contribution in [-0.2, 0) is 11.2 Å². The van der Waals surface area contributed by atoms with E-state index in [1.165, 1.54) is 11.1 Å². The van der Waals surface area contributed by atoms with E-state index in [2.05, 4.69) is 62.6 Å². The molecule has 4 nitrogen and oxygen atoms in total. The quantitative estimate of drug-likeness (QED) is 0.300. The fraction of sp³-hybridized carbons (Fsp3) is 0.300. The second kappa shape index (κ2) is 9.68. The third-order valence-corrected chi connectivity index (χ3v) is 5.32. The minimum Gasteiger partial charge on any atom is -0.489 e. The van der Waals surface area contributed by atoms with E-state index in [1.54, 1.807) is 6.21 Å². The van der Waals surface area contributed by atoms with Crippen LogP contribution >= 0.6 is 45.2 Å². The Labute approximate surface area is 182 Å². The van der Waals surface area contributed by atoms with E-state index in [-0.39, 0.29) is 12.0 Å². The number of benzene rings is 2. The van der Waals surface area contributed by atoms with Crippen molar-refractivity contribution in [2.75, 3.05) is 0 Å². The second-order valence-electron chi connectivity index (χ2n) is 6.37. The summed E-state index contributed by atoms with van der Waals surface area (Å²) in [5, 5.41) is 4.08. The van der Waals surface area contributed by atoms with E-state index in [0.29, 0.717) is 6.42 Å². The van der Waals surface area contributed by atoms with Crippen LogP contribution in [0, 0.1) is 21.0 Å². The number of hydrogen-bond acceptors (Lipinski definition) is 3. The van der Waals surface area contributed by atoms with Gasteiger partial charge in [0.2, 0.25) is 5.91 Å². The molecule has 6 heteroatoms. The molecule has 0 aliphatic rings. The van der Waals surface area contributed by atoms with Gasteiger partial charge in [0.1, 0.15) is 5.75 Å². The maximum atomic E-state index is 12.1. The van der Waals surface area contributed by atoms with Crippen LogP contribution in [0.25, 0.3) is 0 Å². The van der Waals surface area contributed by atoms with Gasteiger partial charge >= 0.3 is 0 Å². The Morgan fingerprint density at radius 2 is 1.81 bits per heavy atom. The first-order valence-corrected chi connectivity index (χ1v) is 10.5. The maximum Gasteiger partial charge on any atom is 0.244 e. The first kappa shape index (κ1) is 21.1. The Bertz CT molecular complexity index is 810. The van der Waals surface area contributed by atoms with E-state index in [9.17, 15) is 4.79 Å². The minimum absolute atomic E-state index is 0.126. The Morgan fingerprint density at radius 1 is 1.15 bits per heavy atom. The van der Waals surface area contributed by atoms with Crippen LogP contribution in [0.2, 0.25) is 0 Å². The molecule has 1 N–H and O–H groups in total. The smallest absolute Gasteiger partial charge is 0.244 e. The molecule has 138 valence electrons. The van der Waals surface area contributed by atoms with Crippen molar-refractivity contribution in [3.05, 3.63) is 59.7 Å². The number of aryl methyl sites for hydroxylation is 2. The monoisotopic (exact) mass is 576 g/mol. The molecule has 0 heterocycles. The van der Waals surface area contributed by atoms with Crippen molar-refractivity contribution < 1.29 is 9.53 Å². The summed E-state index contributed by atoms with van der Waals surface area (Å²) in [5.41, 5.74) is 6.91. The van der Waals surface area contributed by atoms with Gasteiger partial charge in [-0.1, -0.05) is 18.2 Å². The number of carbonyl (C=O) groups excluding carboxylic acids is 1. The fourth-order valence-corrected chi connectivity index (χ4v) is 4.39. The third-order valence-electron chi connectivity index (χ3n) is 3.71. The highest BCUT2D eigenvalue weighted by Gasteiger charge is 2.10. The summed E-state index contributed by atoms with van der Waals surface area (Å²) in [6.07, 6.45) is 2.09. The number of halogens is 2. The summed E-state index contributed by atoms with van der Waals surface area (Å²) in [6.45, 7) is 8.12. The normalized spacial score (nSPS) is 11.2. The molecule has 2 aromatic rings. The Hall–Kier alpha value is -1.16. The van der Waals surface area contributed by atoms with Crippen LogP contribution in [0.3, 0.4) is 0 Å². The highest BCUT2D eigenvalue weighted by molar-refractivity contribution is 14.1. The predicted octanol–water partition coefficient (Wildman–Crippen LogP) is 4.99. The van der Waals surface area contributed by atoms with Gasteiger partial charge in [-0.15, -0.1) is 0 Å². The van der Waals surface area contributed by atoms with Crippen LogP contribution in [-0.4, -0.2) is 18.2 Å². The second-order valence-corrected chi connectivity index (χ2v) is 8.69. The van der Waals surface area contributed by atoms with Crippen molar-refractivity contribution in [1.29, 1.82) is 0 Å². The average molecular weight is 576 g/mol. The Kier molecular flexibility index (Phi) is 7.87. The fourth-order valence-electron chi connectivity index (χ4n) is 2.32. The molecule has 0 unspecified atom stereocenters. The van der Waals surface area contributed by atoms with Crippen molar-refractivity contribution in [2.24, 2.45) is 5.10 Å². The largest absolute Gasteiger partial charge is 0.489 e. The van der Waals surface area contributed by atoms with Gasteiger partial charge in [-0.2, -0.15) is 5.10 Å². The zero-order chi connectivity index (χ0) is 19.3. The number of amides is 1. The summed E-state index contributed by atoms with van der Waals surface area (Å²) in [5.74, 6) is 0.755. The Morgan fingerprint density at radius 3 is 2.38 bits per heavy atom. The zero-order valence-corrected chi connectivity index (χ0v) is 19.6. The molecular weight excluding hydrogens is 554 g/mol. The van der Waals surface area contributed by atoms with E-state index < -0.39 is 0 Å². The van der Waals surface area contributed by atoms with Gasteiger partial charge in [-0.3, -0.25) is 4.79 Å². The van der Waals surface area contributed by atoms with Gasteiger partial charge in [0.15, 0.2) is 0 Å². The number of ether oxygens (including phenoxy) is 1. The van der Waals surface area contributed by atoms with Crippen LogP contribution < -0.4 is 10.2 Å². The van der Waals surface area contributed by atoms with Crippen molar-refractivity contribution in [2.45, 2.75) is 40.2 Å². The number of hydrogen-bond donors (Lipinski definition) is 1. The molecule has 0 saturated carbocycles. The molecule has 0 aromatic heterocycles. The standard InChI is InChI=1S/C20H22I2N2O2/c1-12(2)26-20-17(21)8-16(9-18(20)22)11-23-24-19(25)10-15-6-5-13(3)14(4)7-15/h5-9,11-12H,10H2,1-4H3,(H,24,25)/b23-11+. The van der Waals surface area contributed by atoms with E-state index in [4.69, 9.17) is 4.74 Å². The van der Waals surface area contributed by atoms with Gasteiger partial charge in [0, 0.05) is 0 Å². The molecule has 2 aromatic carbocycles. The third kappa shape index (κ3) is 6.22. The molecular formula is C20H22I2N2O2. The van der Waals surface area contributed by atoms with Crippen LogP contribution in [0.15, 0.2) is 35.4 Å². The molecule has 2 rings (SSSR count). The number of hydrazone groups is 1. The Balaban J connectivity index is 1.99. The SMILES string of the molecule is Cc1ccc(CC(=O)N/N=C/c2cc(I)c(OC(C)C)c(I)c2)cc1C. The lowest BCUT2D eigenvalue weighted by atomic mass is 10.0. The summed E-state index contributed by atoms with van der Waals surface area (Å²) in [4.78, 5) is 12.1. The molecule has 0 aliphatic heterocycles. The summed E-state index contributed by atoms with van der Waals surface area (Å²) in [7, 11) is 0. The number of nitrogens with zero attached hydrogens (tertiary/aromatic N) is 1. The molecule has 1 amide bonds. The molecule has 0 bridgehead atoms. The van der Waals surface area contributed by atoms with Crippen molar-refractivity contribution in [1.82, 2.24) is 5.43 Å². The van der Waals surface area contributed by atoms with Crippen LogP contribution in [0.5, 0.6) is 5.75 Å². The van der Waals surface area contributed by atoms with E-state index in [1.807, 2.05) is 51.1 Å². The van der Waals surface area contributed by atoms with Crippen molar-refractivity contribution in [3.8, 4) is 5.75 Å². The topological polar surface area (TPSA) is 50.7 Å². The first-order chi connectivity index (χ1) is 12.3. The predicted molar refractivity (Wildman–Crippen MR) is 123 cm³/mol. The van der Waals surface area contributed by atoms with Gasteiger partial charge < -0.3 is 4.74 Å².